The summed E-state index contributed by atoms with van der Waals surface area (Å²) >= 11 is 3.40. The minimum atomic E-state index is 0.275. The van der Waals surface area contributed by atoms with Crippen LogP contribution in [0.5, 0.6) is 0 Å². The summed E-state index contributed by atoms with van der Waals surface area (Å²) in [4.78, 5) is 12.0. The van der Waals surface area contributed by atoms with Crippen LogP contribution in [0.2, 0.25) is 0 Å². The number of carbonyl (C=O) groups excluding carboxylic acids is 1. The molecule has 3 fully saturated rings. The molecule has 0 radical (unpaired) electrons. The SMILES string of the molecule is CC(CBr)NC(=O)C1C2C3CCC(C3)C12. The summed E-state index contributed by atoms with van der Waals surface area (Å²) in [7, 11) is 0. The maximum atomic E-state index is 12.0. The van der Waals surface area contributed by atoms with Crippen LogP contribution in [0.3, 0.4) is 0 Å². The fourth-order valence-corrected chi connectivity index (χ4v) is 4.22. The molecule has 3 rings (SSSR count). The van der Waals surface area contributed by atoms with Crippen molar-refractivity contribution in [1.29, 1.82) is 0 Å². The Balaban J connectivity index is 1.60. The molecule has 0 saturated heterocycles. The Morgan fingerprint density at radius 3 is 2.53 bits per heavy atom. The Kier molecular flexibility index (Phi) is 2.35. The van der Waals surface area contributed by atoms with Gasteiger partial charge in [-0.2, -0.15) is 0 Å². The zero-order chi connectivity index (χ0) is 10.6. The normalized spacial score (nSPS) is 47.5. The highest BCUT2D eigenvalue weighted by atomic mass is 79.9. The number of rotatable bonds is 3. The van der Waals surface area contributed by atoms with Gasteiger partial charge in [0.05, 0.1) is 0 Å². The van der Waals surface area contributed by atoms with Crippen molar-refractivity contribution in [3.8, 4) is 0 Å². The Bertz CT molecular complexity index is 277. The van der Waals surface area contributed by atoms with Gasteiger partial charge in [-0.3, -0.25) is 4.79 Å². The van der Waals surface area contributed by atoms with Crippen LogP contribution in [-0.2, 0) is 4.79 Å². The highest BCUT2D eigenvalue weighted by Crippen LogP contribution is 2.69. The lowest BCUT2D eigenvalue weighted by Crippen LogP contribution is -2.36. The van der Waals surface area contributed by atoms with Gasteiger partial charge in [0, 0.05) is 17.3 Å². The predicted molar refractivity (Wildman–Crippen MR) is 62.7 cm³/mol. The van der Waals surface area contributed by atoms with Crippen LogP contribution in [0.1, 0.15) is 26.2 Å². The molecule has 15 heavy (non-hydrogen) atoms. The molecule has 0 aromatic rings. The van der Waals surface area contributed by atoms with Crippen molar-refractivity contribution < 1.29 is 4.79 Å². The largest absolute Gasteiger partial charge is 0.353 e. The Morgan fingerprint density at radius 2 is 2.00 bits per heavy atom. The molecule has 2 bridgehead atoms. The first-order valence-corrected chi connectivity index (χ1v) is 7.21. The monoisotopic (exact) mass is 271 g/mol. The van der Waals surface area contributed by atoms with Crippen molar-refractivity contribution in [3.63, 3.8) is 0 Å². The third-order valence-electron chi connectivity index (χ3n) is 4.66. The Hall–Kier alpha value is -0.0500. The first-order valence-electron chi connectivity index (χ1n) is 6.08. The summed E-state index contributed by atoms with van der Waals surface area (Å²) in [5.74, 6) is 4.05. The van der Waals surface area contributed by atoms with Gasteiger partial charge < -0.3 is 5.32 Å². The van der Waals surface area contributed by atoms with Crippen molar-refractivity contribution in [1.82, 2.24) is 5.32 Å². The van der Waals surface area contributed by atoms with E-state index in [4.69, 9.17) is 0 Å². The van der Waals surface area contributed by atoms with Crippen LogP contribution in [0, 0.1) is 29.6 Å². The van der Waals surface area contributed by atoms with Crippen molar-refractivity contribution in [3.05, 3.63) is 0 Å². The van der Waals surface area contributed by atoms with Crippen molar-refractivity contribution in [2.75, 3.05) is 5.33 Å². The number of alkyl halides is 1. The second-order valence-electron chi connectivity index (χ2n) is 5.58. The summed E-state index contributed by atoms with van der Waals surface area (Å²) in [5, 5.41) is 3.96. The number of nitrogens with one attached hydrogen (secondary N) is 1. The minimum Gasteiger partial charge on any atom is -0.353 e. The molecule has 2 nitrogen and oxygen atoms in total. The lowest BCUT2D eigenvalue weighted by atomic mass is 10.0. The van der Waals surface area contributed by atoms with Crippen molar-refractivity contribution in [2.45, 2.75) is 32.2 Å². The first kappa shape index (κ1) is 10.1. The molecule has 5 atom stereocenters. The van der Waals surface area contributed by atoms with E-state index in [-0.39, 0.29) is 6.04 Å². The highest BCUT2D eigenvalue weighted by Gasteiger charge is 2.67. The molecule has 1 amide bonds. The molecule has 0 heterocycles. The average molecular weight is 272 g/mol. The number of amides is 1. The van der Waals surface area contributed by atoms with Gasteiger partial charge in [-0.15, -0.1) is 0 Å². The number of hydrogen-bond donors (Lipinski definition) is 1. The second-order valence-corrected chi connectivity index (χ2v) is 6.23. The molecule has 0 aromatic carbocycles. The van der Waals surface area contributed by atoms with E-state index in [0.29, 0.717) is 11.8 Å². The summed E-state index contributed by atoms with van der Waals surface area (Å²) < 4.78 is 0. The lowest BCUT2D eigenvalue weighted by molar-refractivity contribution is -0.123. The van der Waals surface area contributed by atoms with E-state index in [2.05, 4.69) is 28.2 Å². The molecule has 3 heteroatoms. The van der Waals surface area contributed by atoms with E-state index in [0.717, 1.165) is 29.0 Å². The number of halogens is 1. The quantitative estimate of drug-likeness (QED) is 0.784. The molecular weight excluding hydrogens is 254 g/mol. The van der Waals surface area contributed by atoms with Gasteiger partial charge in [-0.25, -0.2) is 0 Å². The second kappa shape index (κ2) is 3.47. The van der Waals surface area contributed by atoms with Crippen LogP contribution in [0.4, 0.5) is 0 Å². The standard InChI is InChI=1S/C12H18BrNO/c1-6(5-13)14-12(15)11-9-7-2-3-8(4-7)10(9)11/h6-11H,2-5H2,1H3,(H,14,15). The van der Waals surface area contributed by atoms with E-state index < -0.39 is 0 Å². The molecule has 5 unspecified atom stereocenters. The topological polar surface area (TPSA) is 29.1 Å². The van der Waals surface area contributed by atoms with Gasteiger partial charge in [0.15, 0.2) is 0 Å². The lowest BCUT2D eigenvalue weighted by Gasteiger charge is -2.13. The summed E-state index contributed by atoms with van der Waals surface area (Å²) in [6, 6.07) is 0.275. The summed E-state index contributed by atoms with van der Waals surface area (Å²) in [6.07, 6.45) is 4.21. The zero-order valence-electron chi connectivity index (χ0n) is 9.08. The molecular formula is C12H18BrNO. The molecule has 3 aliphatic carbocycles. The summed E-state index contributed by atoms with van der Waals surface area (Å²) in [5.41, 5.74) is 0. The molecule has 3 saturated carbocycles. The molecule has 1 N–H and O–H groups in total. The fourth-order valence-electron chi connectivity index (χ4n) is 4.05. The molecule has 84 valence electrons. The molecule has 0 spiro atoms. The third kappa shape index (κ3) is 1.46. The van der Waals surface area contributed by atoms with Crippen molar-refractivity contribution in [2.24, 2.45) is 29.6 Å². The summed E-state index contributed by atoms with van der Waals surface area (Å²) in [6.45, 7) is 2.05. The molecule has 3 aliphatic rings. The van der Waals surface area contributed by atoms with Gasteiger partial charge >= 0.3 is 0 Å². The smallest absolute Gasteiger partial charge is 0.223 e. The van der Waals surface area contributed by atoms with Crippen LogP contribution in [0.15, 0.2) is 0 Å². The van der Waals surface area contributed by atoms with Gasteiger partial charge in [0.25, 0.3) is 0 Å². The average Bonchev–Trinajstić information content (AvgIpc) is 2.68. The zero-order valence-corrected chi connectivity index (χ0v) is 10.7. The van der Waals surface area contributed by atoms with Crippen LogP contribution < -0.4 is 5.32 Å². The van der Waals surface area contributed by atoms with Gasteiger partial charge in [0.1, 0.15) is 0 Å². The van der Waals surface area contributed by atoms with Gasteiger partial charge in [-0.05, 0) is 49.9 Å². The molecule has 0 aliphatic heterocycles. The predicted octanol–water partition coefficient (Wildman–Crippen LogP) is 2.18. The molecule has 0 aromatic heterocycles. The van der Waals surface area contributed by atoms with Crippen molar-refractivity contribution >= 4 is 21.8 Å². The minimum absolute atomic E-state index is 0.275. The van der Waals surface area contributed by atoms with Gasteiger partial charge in [-0.1, -0.05) is 15.9 Å². The first-order chi connectivity index (χ1) is 7.22. The van der Waals surface area contributed by atoms with E-state index in [1.807, 2.05) is 0 Å². The van der Waals surface area contributed by atoms with E-state index >= 15 is 0 Å². The van der Waals surface area contributed by atoms with E-state index in [1.165, 1.54) is 19.3 Å². The number of fused-ring (bicyclic) bond motifs is 5. The number of hydrogen-bond acceptors (Lipinski definition) is 1. The Morgan fingerprint density at radius 1 is 1.40 bits per heavy atom. The maximum absolute atomic E-state index is 12.0. The third-order valence-corrected chi connectivity index (χ3v) is 5.63. The number of carbonyl (C=O) groups is 1. The van der Waals surface area contributed by atoms with Crippen LogP contribution >= 0.6 is 15.9 Å². The van der Waals surface area contributed by atoms with Gasteiger partial charge in [0.2, 0.25) is 5.91 Å². The fraction of sp³-hybridized carbons (Fsp3) is 0.917. The highest BCUT2D eigenvalue weighted by molar-refractivity contribution is 9.09. The Labute approximate surface area is 99.3 Å². The van der Waals surface area contributed by atoms with Crippen LogP contribution in [-0.4, -0.2) is 17.3 Å². The maximum Gasteiger partial charge on any atom is 0.223 e. The van der Waals surface area contributed by atoms with E-state index in [1.54, 1.807) is 0 Å². The van der Waals surface area contributed by atoms with E-state index in [9.17, 15) is 4.79 Å². The van der Waals surface area contributed by atoms with Crippen LogP contribution in [0.25, 0.3) is 0 Å².